The van der Waals surface area contributed by atoms with Gasteiger partial charge in [0.05, 0.1) is 17.7 Å². The average molecular weight is 377 g/mol. The first-order valence-corrected chi connectivity index (χ1v) is 11.4. The number of hydrogen-bond acceptors (Lipinski definition) is 5. The molecule has 24 heavy (non-hydrogen) atoms. The van der Waals surface area contributed by atoms with Gasteiger partial charge in [0.15, 0.2) is 0 Å². The summed E-state index contributed by atoms with van der Waals surface area (Å²) in [6.45, 7) is 2.91. The number of nitrogens with one attached hydrogen (secondary N) is 1. The zero-order valence-electron chi connectivity index (χ0n) is 13.9. The maximum atomic E-state index is 12.7. The van der Waals surface area contributed by atoms with Crippen LogP contribution >= 0.6 is 0 Å². The molecule has 0 bridgehead atoms. The van der Waals surface area contributed by atoms with Crippen LogP contribution in [0.2, 0.25) is 0 Å². The monoisotopic (exact) mass is 376 g/mol. The molecule has 0 radical (unpaired) electrons. The highest BCUT2D eigenvalue weighted by molar-refractivity contribution is 7.92. The molecule has 1 aliphatic rings. The minimum absolute atomic E-state index is 0.0771. The molecule has 1 fully saturated rings. The topological polar surface area (TPSA) is 92.8 Å². The maximum absolute atomic E-state index is 12.7. The van der Waals surface area contributed by atoms with E-state index < -0.39 is 20.0 Å². The lowest BCUT2D eigenvalue weighted by Gasteiger charge is -2.35. The molecule has 0 spiro atoms. The Kier molecular flexibility index (Phi) is 6.11. The second-order valence-electron chi connectivity index (χ2n) is 5.88. The molecular formula is C15H24N2O5S2. The van der Waals surface area contributed by atoms with Crippen LogP contribution in [0.25, 0.3) is 0 Å². The van der Waals surface area contributed by atoms with Gasteiger partial charge >= 0.3 is 0 Å². The molecule has 0 aliphatic carbocycles. The Morgan fingerprint density at radius 3 is 2.21 bits per heavy atom. The highest BCUT2D eigenvalue weighted by Gasteiger charge is 2.31. The smallest absolute Gasteiger partial charge is 0.235 e. The molecule has 1 heterocycles. The molecule has 1 aromatic carbocycles. The highest BCUT2D eigenvalue weighted by Crippen LogP contribution is 2.28. The van der Waals surface area contributed by atoms with Crippen LogP contribution in [0.4, 0.5) is 11.4 Å². The third kappa shape index (κ3) is 5.09. The number of rotatable bonds is 7. The normalized spacial score (nSPS) is 16.8. The lowest BCUT2D eigenvalue weighted by Crippen LogP contribution is -2.44. The quantitative estimate of drug-likeness (QED) is 0.783. The van der Waals surface area contributed by atoms with Gasteiger partial charge in [-0.1, -0.05) is 6.92 Å². The zero-order chi connectivity index (χ0) is 17.8. The Balaban J connectivity index is 2.32. The number of anilines is 2. The molecular weight excluding hydrogens is 352 g/mol. The molecule has 0 atom stereocenters. The van der Waals surface area contributed by atoms with E-state index in [1.807, 2.05) is 6.92 Å². The predicted molar refractivity (Wildman–Crippen MR) is 95.3 cm³/mol. The fraction of sp³-hybridized carbons (Fsp3) is 0.600. The van der Waals surface area contributed by atoms with E-state index in [0.29, 0.717) is 43.9 Å². The molecule has 1 aromatic rings. The van der Waals surface area contributed by atoms with Crippen molar-refractivity contribution >= 4 is 31.4 Å². The van der Waals surface area contributed by atoms with Crippen molar-refractivity contribution < 1.29 is 21.6 Å². The van der Waals surface area contributed by atoms with E-state index in [1.165, 1.54) is 4.31 Å². The Labute approximate surface area is 144 Å². The Bertz CT molecular complexity index is 739. The lowest BCUT2D eigenvalue weighted by atomic mass is 10.1. The molecule has 0 amide bonds. The van der Waals surface area contributed by atoms with Gasteiger partial charge in [0.25, 0.3) is 0 Å². The minimum Gasteiger partial charge on any atom is -0.381 e. The van der Waals surface area contributed by atoms with Crippen molar-refractivity contribution in [3.05, 3.63) is 24.3 Å². The summed E-state index contributed by atoms with van der Waals surface area (Å²) in [7, 11) is -6.80. The molecule has 9 heteroatoms. The van der Waals surface area contributed by atoms with E-state index in [2.05, 4.69) is 4.72 Å². The summed E-state index contributed by atoms with van der Waals surface area (Å²) in [5.74, 6) is 0.0771. The van der Waals surface area contributed by atoms with E-state index in [4.69, 9.17) is 4.74 Å². The van der Waals surface area contributed by atoms with Crippen molar-refractivity contribution in [2.75, 3.05) is 34.2 Å². The van der Waals surface area contributed by atoms with Gasteiger partial charge in [-0.3, -0.25) is 9.03 Å². The molecule has 1 saturated heterocycles. The van der Waals surface area contributed by atoms with Crippen LogP contribution in [-0.2, 0) is 24.8 Å². The second-order valence-corrected chi connectivity index (χ2v) is 9.59. The summed E-state index contributed by atoms with van der Waals surface area (Å²) < 4.78 is 57.2. The standard InChI is InChI=1S/C15H24N2O5S2/c1-3-12-24(20,21)17(15-8-10-22-11-9-15)14-6-4-13(5-7-14)16-23(2,18)19/h4-7,15-16H,3,8-12H2,1-2H3. The fourth-order valence-corrected chi connectivity index (χ4v) is 5.15. The number of sulfonamides is 2. The Morgan fingerprint density at radius 1 is 1.12 bits per heavy atom. The van der Waals surface area contributed by atoms with E-state index in [1.54, 1.807) is 24.3 Å². The largest absolute Gasteiger partial charge is 0.381 e. The van der Waals surface area contributed by atoms with Crippen molar-refractivity contribution in [2.24, 2.45) is 0 Å². The first-order valence-electron chi connectivity index (χ1n) is 7.90. The Morgan fingerprint density at radius 2 is 1.71 bits per heavy atom. The van der Waals surface area contributed by atoms with Crippen LogP contribution in [0, 0.1) is 0 Å². The van der Waals surface area contributed by atoms with Crippen molar-refractivity contribution in [3.63, 3.8) is 0 Å². The first-order chi connectivity index (χ1) is 11.2. The molecule has 1 N–H and O–H groups in total. The number of nitrogens with zero attached hydrogens (tertiary/aromatic N) is 1. The minimum atomic E-state index is -3.43. The predicted octanol–water partition coefficient (Wildman–Crippen LogP) is 1.78. The van der Waals surface area contributed by atoms with Gasteiger partial charge in [-0.15, -0.1) is 0 Å². The van der Waals surface area contributed by atoms with E-state index in [0.717, 1.165) is 6.26 Å². The molecule has 7 nitrogen and oxygen atoms in total. The van der Waals surface area contributed by atoms with Crippen LogP contribution in [0.3, 0.4) is 0 Å². The summed E-state index contributed by atoms with van der Waals surface area (Å²) in [4.78, 5) is 0. The van der Waals surface area contributed by atoms with Crippen LogP contribution < -0.4 is 9.03 Å². The van der Waals surface area contributed by atoms with Gasteiger partial charge in [0.1, 0.15) is 0 Å². The third-order valence-electron chi connectivity index (χ3n) is 3.71. The van der Waals surface area contributed by atoms with E-state index in [9.17, 15) is 16.8 Å². The van der Waals surface area contributed by atoms with Crippen molar-refractivity contribution in [2.45, 2.75) is 32.2 Å². The van der Waals surface area contributed by atoms with E-state index in [-0.39, 0.29) is 11.8 Å². The second kappa shape index (κ2) is 7.71. The first kappa shape index (κ1) is 19.0. The van der Waals surface area contributed by atoms with Gasteiger partial charge in [0.2, 0.25) is 20.0 Å². The number of benzene rings is 1. The van der Waals surface area contributed by atoms with Crippen molar-refractivity contribution in [1.82, 2.24) is 0 Å². The molecule has 0 unspecified atom stereocenters. The van der Waals surface area contributed by atoms with Crippen LogP contribution in [0.5, 0.6) is 0 Å². The number of hydrogen-bond donors (Lipinski definition) is 1. The van der Waals surface area contributed by atoms with Crippen molar-refractivity contribution in [1.29, 1.82) is 0 Å². The van der Waals surface area contributed by atoms with Gasteiger partial charge in [0, 0.05) is 24.9 Å². The highest BCUT2D eigenvalue weighted by atomic mass is 32.2. The molecule has 1 aliphatic heterocycles. The molecule has 2 rings (SSSR count). The zero-order valence-corrected chi connectivity index (χ0v) is 15.6. The molecule has 0 saturated carbocycles. The van der Waals surface area contributed by atoms with Crippen LogP contribution in [-0.4, -0.2) is 48.1 Å². The summed E-state index contributed by atoms with van der Waals surface area (Å²) in [5.41, 5.74) is 0.954. The van der Waals surface area contributed by atoms with Gasteiger partial charge < -0.3 is 4.74 Å². The van der Waals surface area contributed by atoms with Crippen molar-refractivity contribution in [3.8, 4) is 0 Å². The Hall–Kier alpha value is -1.32. The van der Waals surface area contributed by atoms with Crippen LogP contribution in [0.15, 0.2) is 24.3 Å². The van der Waals surface area contributed by atoms with Gasteiger partial charge in [-0.2, -0.15) is 0 Å². The fourth-order valence-electron chi connectivity index (χ4n) is 2.76. The summed E-state index contributed by atoms with van der Waals surface area (Å²) in [5, 5.41) is 0. The summed E-state index contributed by atoms with van der Waals surface area (Å²) >= 11 is 0. The van der Waals surface area contributed by atoms with E-state index >= 15 is 0 Å². The van der Waals surface area contributed by atoms with Gasteiger partial charge in [-0.25, -0.2) is 16.8 Å². The maximum Gasteiger partial charge on any atom is 0.235 e. The summed E-state index contributed by atoms with van der Waals surface area (Å²) in [6, 6.07) is 6.28. The average Bonchev–Trinajstić information content (AvgIpc) is 2.48. The number of ether oxygens (including phenoxy) is 1. The van der Waals surface area contributed by atoms with Crippen LogP contribution in [0.1, 0.15) is 26.2 Å². The van der Waals surface area contributed by atoms with Gasteiger partial charge in [-0.05, 0) is 43.5 Å². The molecule has 136 valence electrons. The summed E-state index contributed by atoms with van der Waals surface area (Å²) in [6.07, 6.45) is 2.90. The lowest BCUT2D eigenvalue weighted by molar-refractivity contribution is 0.0875. The molecule has 0 aromatic heterocycles. The third-order valence-corrected chi connectivity index (χ3v) is 6.35. The SMILES string of the molecule is CCCS(=O)(=O)N(c1ccc(NS(C)(=O)=O)cc1)C1CCOCC1.